The Morgan fingerprint density at radius 1 is 1.28 bits per heavy atom. The molecule has 240 valence electrons. The summed E-state index contributed by atoms with van der Waals surface area (Å²) in [5, 5.41) is 29.1. The molecule has 18 heteroatoms. The van der Waals surface area contributed by atoms with Gasteiger partial charge in [-0.05, 0) is 29.2 Å². The van der Waals surface area contributed by atoms with Crippen LogP contribution in [0.25, 0.3) is 11.3 Å². The topological polar surface area (TPSA) is 230 Å². The van der Waals surface area contributed by atoms with E-state index < -0.39 is 41.3 Å². The molecule has 0 bridgehead atoms. The number of nitrogens with zero attached hydrogens (tertiary/aromatic N) is 5. The highest BCUT2D eigenvalue weighted by Gasteiger charge is 2.53. The number of thiazole rings is 1. The number of nitrogens with one attached hydrogen (secondary N) is 1. The van der Waals surface area contributed by atoms with Gasteiger partial charge in [-0.3, -0.25) is 19.3 Å². The fourth-order valence-electron chi connectivity index (χ4n) is 4.74. The van der Waals surface area contributed by atoms with E-state index in [9.17, 15) is 24.3 Å². The minimum Gasteiger partial charge on any atom is -0.543 e. The van der Waals surface area contributed by atoms with Crippen LogP contribution in [0.15, 0.2) is 63.4 Å². The third-order valence-corrected chi connectivity index (χ3v) is 10.0. The summed E-state index contributed by atoms with van der Waals surface area (Å²) in [5.74, 6) is -3.39. The van der Waals surface area contributed by atoms with Gasteiger partial charge >= 0.3 is 11.1 Å². The van der Waals surface area contributed by atoms with Crippen molar-refractivity contribution in [2.75, 3.05) is 23.0 Å². The standard InChI is InChI=1S/C28H28N8O7S3/c1-13(8-19(37)38)43-34-20(16-12-45-27(30)31-16)23(39)33-21-24(40)36-22(26(41)42)15(10-44-25(21)36)11-46-28-32-18(29)9-17(35(28)2)14-6-4-3-5-7-14/h3-7,9,12-13,21,25,29H,8,10-11H2,1-2H3,(H5,30,31,33,37,38,39,41,42)/b34-20-/t13?,21?,25-/m1/s1. The number of fused-ring (bicyclic) bond motifs is 1. The van der Waals surface area contributed by atoms with E-state index in [1.165, 1.54) is 35.8 Å². The number of nitrogen functional groups attached to an aromatic ring is 2. The monoisotopic (exact) mass is 684 g/mol. The van der Waals surface area contributed by atoms with Gasteiger partial charge in [-0.15, -0.1) is 23.1 Å². The van der Waals surface area contributed by atoms with Crippen molar-refractivity contribution in [2.45, 2.75) is 36.0 Å². The first-order valence-electron chi connectivity index (χ1n) is 13.6. The molecular weight excluding hydrogens is 657 g/mol. The predicted octanol–water partition coefficient (Wildman–Crippen LogP) is -0.0259. The van der Waals surface area contributed by atoms with Crippen LogP contribution in [0.1, 0.15) is 19.0 Å². The number of carboxylic acid groups (broad SMARTS) is 2. The molecule has 0 spiro atoms. The number of aromatic nitrogens is 3. The van der Waals surface area contributed by atoms with Gasteiger partial charge in [-0.2, -0.15) is 0 Å². The Balaban J connectivity index is 1.32. The second kappa shape index (κ2) is 13.8. The van der Waals surface area contributed by atoms with Crippen molar-refractivity contribution in [3.63, 3.8) is 0 Å². The molecule has 2 aromatic heterocycles. The van der Waals surface area contributed by atoms with E-state index in [-0.39, 0.29) is 40.2 Å². The van der Waals surface area contributed by atoms with Gasteiger partial charge in [-0.25, -0.2) is 9.55 Å². The van der Waals surface area contributed by atoms with E-state index in [2.05, 4.69) is 20.4 Å². The third-order valence-electron chi connectivity index (χ3n) is 6.90. The Kier molecular flexibility index (Phi) is 9.78. The number of benzene rings is 1. The third kappa shape index (κ3) is 6.92. The molecule has 2 aliphatic rings. The molecule has 1 aromatic carbocycles. The van der Waals surface area contributed by atoms with Crippen molar-refractivity contribution in [1.82, 2.24) is 20.2 Å². The number of thioether (sulfide) groups is 2. The van der Waals surface area contributed by atoms with Crippen molar-refractivity contribution in [1.29, 1.82) is 0 Å². The van der Waals surface area contributed by atoms with Crippen molar-refractivity contribution in [3.05, 3.63) is 58.7 Å². The maximum atomic E-state index is 13.3. The molecule has 4 heterocycles. The van der Waals surface area contributed by atoms with Crippen LogP contribution in [0.3, 0.4) is 0 Å². The predicted molar refractivity (Wildman–Crippen MR) is 169 cm³/mol. The van der Waals surface area contributed by atoms with Crippen LogP contribution in [0.4, 0.5) is 10.9 Å². The lowest BCUT2D eigenvalue weighted by Gasteiger charge is -2.50. The lowest BCUT2D eigenvalue weighted by atomic mass is 10.0. The summed E-state index contributed by atoms with van der Waals surface area (Å²) < 4.78 is 1.86. The van der Waals surface area contributed by atoms with Gasteiger partial charge in [0, 0.05) is 22.4 Å². The second-order valence-electron chi connectivity index (χ2n) is 10.2. The first-order valence-corrected chi connectivity index (χ1v) is 16.6. The first kappa shape index (κ1) is 32.7. The van der Waals surface area contributed by atoms with Crippen LogP contribution in [0.2, 0.25) is 0 Å². The van der Waals surface area contributed by atoms with Crippen LogP contribution in [0, 0.1) is 0 Å². The Morgan fingerprint density at radius 3 is 2.67 bits per heavy atom. The number of hydrogen-bond donors (Lipinski definition) is 4. The molecule has 15 nitrogen and oxygen atoms in total. The molecule has 2 unspecified atom stereocenters. The van der Waals surface area contributed by atoms with E-state index in [1.807, 2.05) is 41.9 Å². The molecular formula is C28H28N8O7S3. The van der Waals surface area contributed by atoms with Crippen LogP contribution >= 0.6 is 34.9 Å². The highest BCUT2D eigenvalue weighted by Crippen LogP contribution is 2.41. The number of oxime groups is 1. The Bertz CT molecular complexity index is 1760. The fourth-order valence-corrected chi connectivity index (χ4v) is 7.77. The number of rotatable bonds is 12. The zero-order valence-electron chi connectivity index (χ0n) is 24.4. The lowest BCUT2D eigenvalue weighted by Crippen LogP contribution is -2.71. The molecule has 5 rings (SSSR count). The highest BCUT2D eigenvalue weighted by molar-refractivity contribution is 8.01. The average molecular weight is 685 g/mol. The molecule has 1 saturated heterocycles. The smallest absolute Gasteiger partial charge is 0.362 e. The maximum absolute atomic E-state index is 13.3. The highest BCUT2D eigenvalue weighted by atomic mass is 32.2. The number of aliphatic carboxylic acids is 2. The van der Waals surface area contributed by atoms with Crippen molar-refractivity contribution in [2.24, 2.45) is 12.2 Å². The van der Waals surface area contributed by atoms with Gasteiger partial charge in [0.05, 0.1) is 31.2 Å². The van der Waals surface area contributed by atoms with E-state index in [1.54, 1.807) is 6.07 Å². The molecule has 1 fully saturated rings. The average Bonchev–Trinajstić information content (AvgIpc) is 3.45. The van der Waals surface area contributed by atoms with Crippen LogP contribution in [-0.4, -0.2) is 78.5 Å². The van der Waals surface area contributed by atoms with Crippen molar-refractivity contribution in [3.8, 4) is 11.3 Å². The van der Waals surface area contributed by atoms with E-state index >= 15 is 0 Å². The minimum absolute atomic E-state index is 0.0656. The van der Waals surface area contributed by atoms with Gasteiger partial charge in [0.2, 0.25) is 5.82 Å². The number of anilines is 2. The normalized spacial score (nSPS) is 18.4. The Labute approximate surface area is 274 Å². The van der Waals surface area contributed by atoms with Crippen molar-refractivity contribution >= 4 is 75.3 Å². The maximum Gasteiger partial charge on any atom is 0.362 e. The zero-order valence-corrected chi connectivity index (χ0v) is 26.9. The summed E-state index contributed by atoms with van der Waals surface area (Å²) in [4.78, 5) is 64.6. The zero-order chi connectivity index (χ0) is 33.1. The molecule has 2 amide bonds. The van der Waals surface area contributed by atoms with E-state index in [0.717, 1.165) is 27.5 Å². The van der Waals surface area contributed by atoms with Gasteiger partial charge in [0.1, 0.15) is 28.9 Å². The van der Waals surface area contributed by atoms with Crippen LogP contribution in [-0.2, 0) is 31.1 Å². The lowest BCUT2D eigenvalue weighted by molar-refractivity contribution is -0.702. The summed E-state index contributed by atoms with van der Waals surface area (Å²) in [6.07, 6.45) is -1.24. The number of β-lactam (4-membered cyclic amide) rings is 1. The summed E-state index contributed by atoms with van der Waals surface area (Å²) >= 11 is 3.60. The largest absolute Gasteiger partial charge is 0.543 e. The molecule has 0 saturated carbocycles. The Morgan fingerprint density at radius 2 is 2.02 bits per heavy atom. The Hall–Kier alpha value is -4.68. The van der Waals surface area contributed by atoms with E-state index in [4.69, 9.17) is 21.4 Å². The van der Waals surface area contributed by atoms with Gasteiger partial charge < -0.3 is 36.6 Å². The number of hydrogen-bond acceptors (Lipinski definition) is 14. The molecule has 46 heavy (non-hydrogen) atoms. The minimum atomic E-state index is -1.52. The number of carboxylic acids is 2. The molecule has 0 aliphatic carbocycles. The number of carbonyl (C=O) groups is 4. The fraction of sp³-hybridized carbons (Fsp3) is 0.286. The SMILES string of the molecule is CC(CC(=O)O)O/N=C(\C(=O)NC1C(=O)N2C(C(=O)[O-])=C(CSc3nc(N)cc(-c4ccccc4)[n+]3C)CS[C@H]12)c1csc(N)n1. The summed E-state index contributed by atoms with van der Waals surface area (Å²) in [6, 6.07) is 10.3. The van der Waals surface area contributed by atoms with Crippen LogP contribution < -0.4 is 26.5 Å². The molecule has 3 atom stereocenters. The molecule has 2 aliphatic heterocycles. The molecule has 3 aromatic rings. The molecule has 0 radical (unpaired) electrons. The summed E-state index contributed by atoms with van der Waals surface area (Å²) in [5.41, 5.74) is 13.5. The number of carbonyl (C=O) groups excluding carboxylic acids is 3. The van der Waals surface area contributed by atoms with Gasteiger partial charge in [-0.1, -0.05) is 35.5 Å². The van der Waals surface area contributed by atoms with Crippen molar-refractivity contribution < 1.29 is 38.8 Å². The number of amides is 2. The van der Waals surface area contributed by atoms with Crippen LogP contribution in [0.5, 0.6) is 0 Å². The summed E-state index contributed by atoms with van der Waals surface area (Å²) in [6.45, 7) is 1.46. The quantitative estimate of drug-likeness (QED) is 0.0491. The first-order chi connectivity index (χ1) is 21.9. The number of nitrogens with two attached hydrogens (primary N) is 2. The van der Waals surface area contributed by atoms with Gasteiger partial charge in [0.25, 0.3) is 11.8 Å². The summed E-state index contributed by atoms with van der Waals surface area (Å²) in [7, 11) is 1.83. The second-order valence-corrected chi connectivity index (χ2v) is 13.1. The van der Waals surface area contributed by atoms with E-state index in [0.29, 0.717) is 16.5 Å². The van der Waals surface area contributed by atoms with Gasteiger partial charge in [0.15, 0.2) is 10.8 Å². The molecule has 6 N–H and O–H groups in total.